The summed E-state index contributed by atoms with van der Waals surface area (Å²) in [5.41, 5.74) is 6.73. The van der Waals surface area contributed by atoms with E-state index in [-0.39, 0.29) is 18.0 Å². The summed E-state index contributed by atoms with van der Waals surface area (Å²) in [6, 6.07) is 14.1. The highest BCUT2D eigenvalue weighted by Gasteiger charge is 2.11. The standard InChI is InChI=1S/C19H23N3O3/c1-2-3-12-25-17-11-7-6-10-16(17)21-13-18(23)22-15-9-5-4-8-14(15)19(20)24/h4-11,21H,2-3,12-13H2,1H3,(H2,20,24)(H,22,23). The van der Waals surface area contributed by atoms with Gasteiger partial charge >= 0.3 is 0 Å². The van der Waals surface area contributed by atoms with Crippen molar-refractivity contribution in [1.82, 2.24) is 0 Å². The number of anilines is 2. The number of rotatable bonds is 9. The molecule has 25 heavy (non-hydrogen) atoms. The molecule has 0 radical (unpaired) electrons. The number of nitrogens with one attached hydrogen (secondary N) is 2. The zero-order chi connectivity index (χ0) is 18.1. The fourth-order valence-corrected chi connectivity index (χ4v) is 2.24. The van der Waals surface area contributed by atoms with Crippen LogP contribution in [0.2, 0.25) is 0 Å². The molecule has 4 N–H and O–H groups in total. The summed E-state index contributed by atoms with van der Waals surface area (Å²) in [6.07, 6.45) is 2.02. The number of benzene rings is 2. The minimum Gasteiger partial charge on any atom is -0.491 e. The Kier molecular flexibility index (Phi) is 6.83. The Morgan fingerprint density at radius 2 is 1.72 bits per heavy atom. The first kappa shape index (κ1) is 18.3. The molecule has 0 spiro atoms. The quantitative estimate of drug-likeness (QED) is 0.611. The van der Waals surface area contributed by atoms with E-state index in [4.69, 9.17) is 10.5 Å². The van der Waals surface area contributed by atoms with E-state index in [9.17, 15) is 9.59 Å². The van der Waals surface area contributed by atoms with E-state index in [1.165, 1.54) is 0 Å². The monoisotopic (exact) mass is 341 g/mol. The molecule has 0 bridgehead atoms. The fourth-order valence-electron chi connectivity index (χ4n) is 2.24. The third-order valence-corrected chi connectivity index (χ3v) is 3.55. The van der Waals surface area contributed by atoms with Crippen LogP contribution in [0, 0.1) is 0 Å². The fraction of sp³-hybridized carbons (Fsp3) is 0.263. The molecule has 2 aromatic rings. The van der Waals surface area contributed by atoms with E-state index < -0.39 is 5.91 Å². The summed E-state index contributed by atoms with van der Waals surface area (Å²) >= 11 is 0. The molecule has 0 atom stereocenters. The highest BCUT2D eigenvalue weighted by Crippen LogP contribution is 2.23. The van der Waals surface area contributed by atoms with E-state index in [2.05, 4.69) is 17.6 Å². The average Bonchev–Trinajstić information content (AvgIpc) is 2.61. The summed E-state index contributed by atoms with van der Waals surface area (Å²) in [5, 5.41) is 5.75. The molecule has 6 nitrogen and oxygen atoms in total. The molecule has 0 aliphatic heterocycles. The van der Waals surface area contributed by atoms with Gasteiger partial charge in [0.2, 0.25) is 5.91 Å². The predicted molar refractivity (Wildman–Crippen MR) is 98.9 cm³/mol. The van der Waals surface area contributed by atoms with Gasteiger partial charge in [-0.2, -0.15) is 0 Å². The summed E-state index contributed by atoms with van der Waals surface area (Å²) in [5.74, 6) is -0.156. The van der Waals surface area contributed by atoms with Gasteiger partial charge in [0, 0.05) is 0 Å². The SMILES string of the molecule is CCCCOc1ccccc1NCC(=O)Nc1ccccc1C(N)=O. The maximum Gasteiger partial charge on any atom is 0.250 e. The number of nitrogens with two attached hydrogens (primary N) is 1. The second kappa shape index (κ2) is 9.32. The summed E-state index contributed by atoms with van der Waals surface area (Å²) < 4.78 is 5.72. The molecule has 132 valence electrons. The number of para-hydroxylation sites is 3. The van der Waals surface area contributed by atoms with Crippen LogP contribution >= 0.6 is 0 Å². The minimum absolute atomic E-state index is 0.0429. The van der Waals surface area contributed by atoms with Crippen molar-refractivity contribution in [2.45, 2.75) is 19.8 Å². The molecule has 2 amide bonds. The number of hydrogen-bond donors (Lipinski definition) is 3. The molecule has 0 fully saturated rings. The highest BCUT2D eigenvalue weighted by atomic mass is 16.5. The zero-order valence-corrected chi connectivity index (χ0v) is 14.2. The number of primary amides is 1. The average molecular weight is 341 g/mol. The van der Waals surface area contributed by atoms with Crippen molar-refractivity contribution in [2.75, 3.05) is 23.8 Å². The molecule has 6 heteroatoms. The maximum absolute atomic E-state index is 12.2. The van der Waals surface area contributed by atoms with Crippen molar-refractivity contribution < 1.29 is 14.3 Å². The van der Waals surface area contributed by atoms with Crippen molar-refractivity contribution in [2.24, 2.45) is 5.73 Å². The maximum atomic E-state index is 12.2. The lowest BCUT2D eigenvalue weighted by molar-refractivity contribution is -0.114. The normalized spacial score (nSPS) is 10.1. The Bertz CT molecular complexity index is 731. The van der Waals surface area contributed by atoms with Gasteiger partial charge in [-0.25, -0.2) is 0 Å². The lowest BCUT2D eigenvalue weighted by atomic mass is 10.1. The molecule has 0 saturated carbocycles. The number of unbranched alkanes of at least 4 members (excludes halogenated alkanes) is 1. The van der Waals surface area contributed by atoms with Crippen molar-refractivity contribution in [3.8, 4) is 5.75 Å². The van der Waals surface area contributed by atoms with Crippen LogP contribution in [-0.2, 0) is 4.79 Å². The van der Waals surface area contributed by atoms with Crippen LogP contribution < -0.4 is 21.1 Å². The third-order valence-electron chi connectivity index (χ3n) is 3.55. The smallest absolute Gasteiger partial charge is 0.250 e. The molecule has 0 saturated heterocycles. The van der Waals surface area contributed by atoms with Crippen LogP contribution in [0.1, 0.15) is 30.1 Å². The molecule has 0 unspecified atom stereocenters. The summed E-state index contributed by atoms with van der Waals surface area (Å²) in [6.45, 7) is 2.77. The van der Waals surface area contributed by atoms with E-state index in [0.29, 0.717) is 18.0 Å². The van der Waals surface area contributed by atoms with Gasteiger partial charge in [-0.3, -0.25) is 9.59 Å². The van der Waals surface area contributed by atoms with Gasteiger partial charge in [0.25, 0.3) is 5.91 Å². The predicted octanol–water partition coefficient (Wildman–Crippen LogP) is 3.02. The number of carbonyl (C=O) groups is 2. The summed E-state index contributed by atoms with van der Waals surface area (Å²) in [7, 11) is 0. The summed E-state index contributed by atoms with van der Waals surface area (Å²) in [4.78, 5) is 23.6. The first-order valence-corrected chi connectivity index (χ1v) is 8.26. The van der Waals surface area contributed by atoms with Crippen molar-refractivity contribution in [1.29, 1.82) is 0 Å². The van der Waals surface area contributed by atoms with Gasteiger partial charge in [-0.05, 0) is 30.7 Å². The Morgan fingerprint density at radius 1 is 1.04 bits per heavy atom. The first-order valence-electron chi connectivity index (χ1n) is 8.26. The molecule has 0 aromatic heterocycles. The zero-order valence-electron chi connectivity index (χ0n) is 14.2. The van der Waals surface area contributed by atoms with Crippen LogP contribution in [0.5, 0.6) is 5.75 Å². The second-order valence-electron chi connectivity index (χ2n) is 5.51. The van der Waals surface area contributed by atoms with Gasteiger partial charge in [0.05, 0.1) is 30.1 Å². The topological polar surface area (TPSA) is 93.4 Å². The second-order valence-corrected chi connectivity index (χ2v) is 5.51. The lowest BCUT2D eigenvalue weighted by Crippen LogP contribution is -2.24. The number of carbonyl (C=O) groups excluding carboxylic acids is 2. The van der Waals surface area contributed by atoms with Crippen molar-refractivity contribution >= 4 is 23.2 Å². The van der Waals surface area contributed by atoms with E-state index in [1.54, 1.807) is 24.3 Å². The molecule has 0 aliphatic carbocycles. The molecule has 2 aromatic carbocycles. The van der Waals surface area contributed by atoms with Gasteiger partial charge in [0.15, 0.2) is 0 Å². The molecule has 2 rings (SSSR count). The largest absolute Gasteiger partial charge is 0.491 e. The molecular formula is C19H23N3O3. The van der Waals surface area contributed by atoms with E-state index in [0.717, 1.165) is 18.5 Å². The Morgan fingerprint density at radius 3 is 2.44 bits per heavy atom. The highest BCUT2D eigenvalue weighted by molar-refractivity contribution is 6.03. The molecule has 0 heterocycles. The third kappa shape index (κ3) is 5.53. The Balaban J connectivity index is 1.96. The number of amides is 2. The van der Waals surface area contributed by atoms with E-state index in [1.807, 2.05) is 24.3 Å². The van der Waals surface area contributed by atoms with Gasteiger partial charge in [0.1, 0.15) is 5.75 Å². The number of hydrogen-bond acceptors (Lipinski definition) is 4. The van der Waals surface area contributed by atoms with Crippen LogP contribution in [0.3, 0.4) is 0 Å². The van der Waals surface area contributed by atoms with Crippen molar-refractivity contribution in [3.63, 3.8) is 0 Å². The van der Waals surface area contributed by atoms with E-state index >= 15 is 0 Å². The minimum atomic E-state index is -0.585. The van der Waals surface area contributed by atoms with Crippen molar-refractivity contribution in [3.05, 3.63) is 54.1 Å². The van der Waals surface area contributed by atoms with Crippen LogP contribution in [0.4, 0.5) is 11.4 Å². The van der Waals surface area contributed by atoms with Gasteiger partial charge in [-0.15, -0.1) is 0 Å². The van der Waals surface area contributed by atoms with Crippen LogP contribution in [-0.4, -0.2) is 25.0 Å². The van der Waals surface area contributed by atoms with Gasteiger partial charge in [-0.1, -0.05) is 37.6 Å². The Hall–Kier alpha value is -3.02. The molecular weight excluding hydrogens is 318 g/mol. The number of ether oxygens (including phenoxy) is 1. The first-order chi connectivity index (χ1) is 12.1. The Labute approximate surface area is 147 Å². The van der Waals surface area contributed by atoms with Gasteiger partial charge < -0.3 is 21.1 Å². The van der Waals surface area contributed by atoms with Crippen LogP contribution in [0.25, 0.3) is 0 Å². The van der Waals surface area contributed by atoms with Crippen LogP contribution in [0.15, 0.2) is 48.5 Å². The lowest BCUT2D eigenvalue weighted by Gasteiger charge is -2.13. The molecule has 0 aliphatic rings.